The highest BCUT2D eigenvalue weighted by atomic mass is 19.1. The number of methoxy groups -OCH3 is 1. The van der Waals surface area contributed by atoms with Crippen molar-refractivity contribution >= 4 is 28.7 Å². The number of nitrogens with one attached hydrogen (secondary N) is 3. The molecule has 0 saturated heterocycles. The van der Waals surface area contributed by atoms with Gasteiger partial charge in [0.15, 0.2) is 28.8 Å². The minimum atomic E-state index is -2.56. The Bertz CT molecular complexity index is 1570. The third-order valence-corrected chi connectivity index (χ3v) is 5.83. The maximum absolute atomic E-state index is 14.2. The molecule has 1 fully saturated rings. The molecule has 180 valence electrons. The zero-order valence-corrected chi connectivity index (χ0v) is 18.5. The Kier molecular flexibility index (Phi) is 4.97. The zero-order chi connectivity index (χ0) is 27.0. The third-order valence-electron chi connectivity index (χ3n) is 5.83. The number of hydrogen-bond acceptors (Lipinski definition) is 8. The quantitative estimate of drug-likeness (QED) is 0.366. The molecule has 12 heteroatoms. The molecule has 0 radical (unpaired) electrons. The first-order valence-corrected chi connectivity index (χ1v) is 10.8. The summed E-state index contributed by atoms with van der Waals surface area (Å²) in [5, 5.41) is 13.1. The number of rotatable bonds is 7. The lowest BCUT2D eigenvalue weighted by Gasteiger charge is -2.35. The van der Waals surface area contributed by atoms with E-state index in [1.807, 2.05) is 0 Å². The summed E-state index contributed by atoms with van der Waals surface area (Å²) in [4.78, 5) is 34.4. The van der Waals surface area contributed by atoms with Crippen LogP contribution in [0, 0.1) is 5.82 Å². The standard InChI is InChI=1S/C23H23FN8O3/c1-25-16-11-19(28-15-6-4-10-31(23(15)34)20-13(24)5-3-9-26-20)30-32-17(12-27-21(16)32)22(33)29-14-7-8-18(14)35-2/h3-6,9-12,14,18,25H,7-8H2,1-2H3,(H,28,30)(H,29,33)/t14-,18-/m1/s1/i2D3. The van der Waals surface area contributed by atoms with Crippen molar-refractivity contribution in [3.8, 4) is 5.82 Å². The van der Waals surface area contributed by atoms with Gasteiger partial charge in [-0.05, 0) is 37.1 Å². The van der Waals surface area contributed by atoms with Crippen molar-refractivity contribution in [2.45, 2.75) is 25.0 Å². The molecule has 1 aliphatic rings. The Hall–Kier alpha value is -4.32. The summed E-state index contributed by atoms with van der Waals surface area (Å²) in [7, 11) is -0.891. The lowest BCUT2D eigenvalue weighted by Crippen LogP contribution is -2.51. The number of ether oxygens (including phenoxy) is 1. The molecule has 1 aliphatic carbocycles. The second-order valence-corrected chi connectivity index (χ2v) is 7.92. The van der Waals surface area contributed by atoms with Gasteiger partial charge in [0.1, 0.15) is 5.69 Å². The molecule has 0 unspecified atom stereocenters. The number of fused-ring (bicyclic) bond motifs is 1. The van der Waals surface area contributed by atoms with Crippen LogP contribution >= 0.6 is 0 Å². The molecule has 1 amide bonds. The van der Waals surface area contributed by atoms with E-state index >= 15 is 0 Å². The van der Waals surface area contributed by atoms with Crippen LogP contribution in [-0.2, 0) is 4.74 Å². The predicted octanol–water partition coefficient (Wildman–Crippen LogP) is 2.11. The van der Waals surface area contributed by atoms with Gasteiger partial charge >= 0.3 is 0 Å². The van der Waals surface area contributed by atoms with Crippen LogP contribution in [0.2, 0.25) is 0 Å². The molecule has 0 bridgehead atoms. The minimum absolute atomic E-state index is 0.0942. The van der Waals surface area contributed by atoms with Gasteiger partial charge in [0, 0.05) is 32.5 Å². The molecule has 4 heterocycles. The first kappa shape index (κ1) is 19.0. The highest BCUT2D eigenvalue weighted by Gasteiger charge is 2.33. The lowest BCUT2D eigenvalue weighted by molar-refractivity contribution is 0.00718. The number of pyridine rings is 2. The first-order chi connectivity index (χ1) is 18.1. The first-order valence-electron chi connectivity index (χ1n) is 12.3. The van der Waals surface area contributed by atoms with Gasteiger partial charge in [-0.1, -0.05) is 0 Å². The Morgan fingerprint density at radius 1 is 1.26 bits per heavy atom. The van der Waals surface area contributed by atoms with Gasteiger partial charge < -0.3 is 20.7 Å². The SMILES string of the molecule is [2H]C([2H])([2H])O[C@@H]1CC[C@H]1NC(=O)c1cnc2c(NC)cc(Nc3cccn(-c4ncccc4F)c3=O)nn12. The summed E-state index contributed by atoms with van der Waals surface area (Å²) in [6.07, 6.45) is 4.60. The smallest absolute Gasteiger partial charge is 0.280 e. The third kappa shape index (κ3) is 4.08. The molecular weight excluding hydrogens is 455 g/mol. The highest BCUT2D eigenvalue weighted by molar-refractivity contribution is 5.94. The maximum Gasteiger partial charge on any atom is 0.280 e. The maximum atomic E-state index is 14.2. The summed E-state index contributed by atoms with van der Waals surface area (Å²) in [5.74, 6) is -1.11. The van der Waals surface area contributed by atoms with Crippen LogP contribution in [0.15, 0.2) is 53.7 Å². The van der Waals surface area contributed by atoms with Gasteiger partial charge in [-0.15, -0.1) is 5.10 Å². The topological polar surface area (TPSA) is 127 Å². The average Bonchev–Trinajstić information content (AvgIpc) is 3.30. The van der Waals surface area contributed by atoms with Gasteiger partial charge in [-0.3, -0.25) is 14.2 Å². The molecule has 0 aromatic carbocycles. The Morgan fingerprint density at radius 3 is 2.89 bits per heavy atom. The van der Waals surface area contributed by atoms with E-state index in [4.69, 9.17) is 8.85 Å². The minimum Gasteiger partial charge on any atom is -0.385 e. The number of anilines is 3. The lowest BCUT2D eigenvalue weighted by atomic mass is 9.89. The zero-order valence-electron chi connectivity index (χ0n) is 21.5. The number of nitrogens with zero attached hydrogens (tertiary/aromatic N) is 5. The number of amides is 1. The average molecular weight is 482 g/mol. The summed E-state index contributed by atoms with van der Waals surface area (Å²) < 4.78 is 43.5. The normalized spacial score (nSPS) is 18.7. The number of aromatic nitrogens is 5. The van der Waals surface area contributed by atoms with Crippen molar-refractivity contribution in [3.05, 3.63) is 70.8 Å². The van der Waals surface area contributed by atoms with E-state index in [2.05, 4.69) is 31.0 Å². The van der Waals surface area contributed by atoms with Crippen LogP contribution in [0.3, 0.4) is 0 Å². The number of carbonyl (C=O) groups excluding carboxylic acids is 1. The van der Waals surface area contributed by atoms with E-state index in [1.165, 1.54) is 41.3 Å². The van der Waals surface area contributed by atoms with Crippen LogP contribution < -0.4 is 21.5 Å². The number of hydrogen-bond donors (Lipinski definition) is 3. The molecule has 4 aromatic rings. The fourth-order valence-electron chi connectivity index (χ4n) is 3.83. The van der Waals surface area contributed by atoms with E-state index in [-0.39, 0.29) is 23.0 Å². The van der Waals surface area contributed by atoms with Crippen LogP contribution in [0.25, 0.3) is 11.5 Å². The van der Waals surface area contributed by atoms with Crippen LogP contribution in [0.4, 0.5) is 21.6 Å². The Balaban J connectivity index is 1.44. The molecule has 11 nitrogen and oxygen atoms in total. The van der Waals surface area contributed by atoms with Gasteiger partial charge in [-0.25, -0.2) is 18.9 Å². The van der Waals surface area contributed by atoms with Crippen molar-refractivity contribution in [1.82, 2.24) is 29.5 Å². The van der Waals surface area contributed by atoms with Crippen LogP contribution in [-0.4, -0.2) is 56.3 Å². The summed E-state index contributed by atoms with van der Waals surface area (Å²) >= 11 is 0. The summed E-state index contributed by atoms with van der Waals surface area (Å²) in [6.45, 7) is 0. The fourth-order valence-corrected chi connectivity index (χ4v) is 3.83. The van der Waals surface area contributed by atoms with Crippen molar-refractivity contribution in [3.63, 3.8) is 0 Å². The van der Waals surface area contributed by atoms with Gasteiger partial charge in [0.05, 0.1) is 28.1 Å². The van der Waals surface area contributed by atoms with Gasteiger partial charge in [-0.2, -0.15) is 0 Å². The van der Waals surface area contributed by atoms with E-state index in [0.717, 1.165) is 4.57 Å². The van der Waals surface area contributed by atoms with E-state index in [0.29, 0.717) is 24.2 Å². The largest absolute Gasteiger partial charge is 0.385 e. The molecule has 35 heavy (non-hydrogen) atoms. The van der Waals surface area contributed by atoms with E-state index in [9.17, 15) is 14.0 Å². The van der Waals surface area contributed by atoms with Crippen molar-refractivity contribution < 1.29 is 18.0 Å². The molecule has 0 aliphatic heterocycles. The van der Waals surface area contributed by atoms with Crippen LogP contribution in [0.1, 0.15) is 27.4 Å². The fraction of sp³-hybridized carbons (Fsp3) is 0.261. The summed E-state index contributed by atoms with van der Waals surface area (Å²) in [5.41, 5.74) is 0.498. The molecule has 4 aromatic heterocycles. The van der Waals surface area contributed by atoms with E-state index < -0.39 is 36.5 Å². The molecular formula is C23H23FN8O3. The number of halogens is 1. The summed E-state index contributed by atoms with van der Waals surface area (Å²) in [6, 6.07) is 6.84. The number of carbonyl (C=O) groups is 1. The van der Waals surface area contributed by atoms with Gasteiger partial charge in [0.2, 0.25) is 0 Å². The number of imidazole rings is 1. The molecule has 2 atom stereocenters. The molecule has 0 spiro atoms. The van der Waals surface area contributed by atoms with Crippen molar-refractivity contribution in [1.29, 1.82) is 0 Å². The Labute approximate surface area is 203 Å². The molecule has 1 saturated carbocycles. The second-order valence-electron chi connectivity index (χ2n) is 7.92. The van der Waals surface area contributed by atoms with Gasteiger partial charge in [0.25, 0.3) is 11.5 Å². The highest BCUT2D eigenvalue weighted by Crippen LogP contribution is 2.24. The van der Waals surface area contributed by atoms with E-state index in [1.54, 1.807) is 19.2 Å². The predicted molar refractivity (Wildman–Crippen MR) is 127 cm³/mol. The van der Waals surface area contributed by atoms with Crippen molar-refractivity contribution in [2.75, 3.05) is 24.7 Å². The molecule has 5 rings (SSSR count). The second kappa shape index (κ2) is 9.14. The monoisotopic (exact) mass is 481 g/mol. The molecule has 3 N–H and O–H groups in total. The van der Waals surface area contributed by atoms with Crippen molar-refractivity contribution in [2.24, 2.45) is 0 Å². The Morgan fingerprint density at radius 2 is 2.14 bits per heavy atom. The van der Waals surface area contributed by atoms with Crippen LogP contribution in [0.5, 0.6) is 0 Å².